The van der Waals surface area contributed by atoms with Gasteiger partial charge in [-0.3, -0.25) is 18.7 Å². The predicted molar refractivity (Wildman–Crippen MR) is 77.7 cm³/mol. The Morgan fingerprint density at radius 2 is 2.05 bits per heavy atom. The lowest BCUT2D eigenvalue weighted by Gasteiger charge is -2.07. The summed E-state index contributed by atoms with van der Waals surface area (Å²) in [4.78, 5) is 36.4. The number of aryl methyl sites for hydroxylation is 1. The molecular weight excluding hydrogens is 298 g/mol. The Balaban J connectivity index is 2.42. The van der Waals surface area contributed by atoms with Gasteiger partial charge in [-0.2, -0.15) is 0 Å². The third-order valence-electron chi connectivity index (χ3n) is 3.06. The Bertz CT molecular complexity index is 804. The standard InChI is InChI=1S/C12H15N3O5S/c1-14-10(19)7-3-8(9(18)13-4-6(17)5-16)21-11(7)15(2)12(14)20/h3,6,16-17H,4-5H2,1-2H3,(H,13,18). The minimum atomic E-state index is -1.04. The molecule has 0 saturated carbocycles. The van der Waals surface area contributed by atoms with Gasteiger partial charge in [0.25, 0.3) is 11.5 Å². The molecule has 3 N–H and O–H groups in total. The van der Waals surface area contributed by atoms with Gasteiger partial charge in [-0.1, -0.05) is 0 Å². The zero-order chi connectivity index (χ0) is 15.7. The molecule has 0 aliphatic carbocycles. The first-order valence-corrected chi connectivity index (χ1v) is 6.95. The first-order valence-electron chi connectivity index (χ1n) is 6.13. The van der Waals surface area contributed by atoms with Gasteiger partial charge in [-0.05, 0) is 6.07 Å². The first-order chi connectivity index (χ1) is 9.86. The van der Waals surface area contributed by atoms with Gasteiger partial charge in [0.2, 0.25) is 0 Å². The van der Waals surface area contributed by atoms with Crippen molar-refractivity contribution in [2.45, 2.75) is 6.10 Å². The van der Waals surface area contributed by atoms with Crippen LogP contribution in [0, 0.1) is 0 Å². The lowest BCUT2D eigenvalue weighted by Crippen LogP contribution is -2.36. The number of thiophene rings is 1. The minimum absolute atomic E-state index is 0.0967. The Labute approximate surface area is 122 Å². The fourth-order valence-corrected chi connectivity index (χ4v) is 2.86. The molecule has 0 radical (unpaired) electrons. The van der Waals surface area contributed by atoms with Crippen molar-refractivity contribution in [3.05, 3.63) is 31.8 Å². The van der Waals surface area contributed by atoms with Gasteiger partial charge in [0.05, 0.1) is 23.0 Å². The van der Waals surface area contributed by atoms with Crippen LogP contribution in [0.15, 0.2) is 15.7 Å². The zero-order valence-corrected chi connectivity index (χ0v) is 12.3. The van der Waals surface area contributed by atoms with Crippen LogP contribution < -0.4 is 16.6 Å². The minimum Gasteiger partial charge on any atom is -0.394 e. The van der Waals surface area contributed by atoms with Gasteiger partial charge < -0.3 is 15.5 Å². The van der Waals surface area contributed by atoms with E-state index in [9.17, 15) is 19.5 Å². The van der Waals surface area contributed by atoms with E-state index in [1.165, 1.54) is 24.7 Å². The maximum absolute atomic E-state index is 12.0. The summed E-state index contributed by atoms with van der Waals surface area (Å²) in [6.07, 6.45) is -1.04. The third kappa shape index (κ3) is 2.75. The summed E-state index contributed by atoms with van der Waals surface area (Å²) in [5.41, 5.74) is -0.921. The molecule has 1 atom stereocenters. The van der Waals surface area contributed by atoms with Crippen molar-refractivity contribution >= 4 is 27.5 Å². The second-order valence-electron chi connectivity index (χ2n) is 4.58. The number of nitrogens with zero attached hydrogens (tertiary/aromatic N) is 2. The molecule has 0 spiro atoms. The molecule has 9 heteroatoms. The number of fused-ring (bicyclic) bond motifs is 1. The van der Waals surface area contributed by atoms with Crippen LogP contribution in [0.2, 0.25) is 0 Å². The SMILES string of the molecule is Cn1c(=O)c2cc(C(=O)NCC(O)CO)sc2n(C)c1=O. The highest BCUT2D eigenvalue weighted by Crippen LogP contribution is 2.21. The van der Waals surface area contributed by atoms with Crippen molar-refractivity contribution in [3.8, 4) is 0 Å². The largest absolute Gasteiger partial charge is 0.394 e. The Kier molecular flexibility index (Phi) is 4.26. The fourth-order valence-electron chi connectivity index (χ4n) is 1.84. The third-order valence-corrected chi connectivity index (χ3v) is 4.27. The topological polar surface area (TPSA) is 114 Å². The van der Waals surface area contributed by atoms with Crippen molar-refractivity contribution in [1.82, 2.24) is 14.5 Å². The summed E-state index contributed by atoms with van der Waals surface area (Å²) in [7, 11) is 2.90. The molecule has 2 aromatic rings. The summed E-state index contributed by atoms with van der Waals surface area (Å²) in [5, 5.41) is 20.6. The first kappa shape index (κ1) is 15.4. The molecule has 114 valence electrons. The van der Waals surface area contributed by atoms with Crippen LogP contribution in [-0.2, 0) is 14.1 Å². The molecule has 0 saturated heterocycles. The highest BCUT2D eigenvalue weighted by Gasteiger charge is 2.16. The van der Waals surface area contributed by atoms with Crippen molar-refractivity contribution < 1.29 is 15.0 Å². The average Bonchev–Trinajstić information content (AvgIpc) is 2.93. The summed E-state index contributed by atoms with van der Waals surface area (Å²) < 4.78 is 2.28. The number of carbonyl (C=O) groups is 1. The monoisotopic (exact) mass is 313 g/mol. The van der Waals surface area contributed by atoms with Crippen molar-refractivity contribution in [1.29, 1.82) is 0 Å². The number of carbonyl (C=O) groups excluding carboxylic acids is 1. The van der Waals surface area contributed by atoms with Gasteiger partial charge in [0.1, 0.15) is 4.83 Å². The maximum atomic E-state index is 12.0. The van der Waals surface area contributed by atoms with Crippen molar-refractivity contribution in [2.24, 2.45) is 14.1 Å². The molecule has 8 nitrogen and oxygen atoms in total. The van der Waals surface area contributed by atoms with Crippen LogP contribution in [0.4, 0.5) is 0 Å². The van der Waals surface area contributed by atoms with E-state index in [-0.39, 0.29) is 16.8 Å². The highest BCUT2D eigenvalue weighted by molar-refractivity contribution is 7.20. The molecule has 2 rings (SSSR count). The molecule has 2 heterocycles. The smallest absolute Gasteiger partial charge is 0.331 e. The van der Waals surface area contributed by atoms with E-state index in [0.717, 1.165) is 15.9 Å². The van der Waals surface area contributed by atoms with Crippen LogP contribution >= 0.6 is 11.3 Å². The predicted octanol–water partition coefficient (Wildman–Crippen LogP) is -1.62. The molecule has 21 heavy (non-hydrogen) atoms. The Hall–Kier alpha value is -1.97. The van der Waals surface area contributed by atoms with Gasteiger partial charge in [0.15, 0.2) is 0 Å². The van der Waals surface area contributed by atoms with Gasteiger partial charge in [0, 0.05) is 20.6 Å². The van der Waals surface area contributed by atoms with Crippen LogP contribution in [0.3, 0.4) is 0 Å². The summed E-state index contributed by atoms with van der Waals surface area (Å²) in [6.45, 7) is -0.553. The zero-order valence-electron chi connectivity index (χ0n) is 11.5. The molecule has 0 aliphatic rings. The van der Waals surface area contributed by atoms with Crippen molar-refractivity contribution in [3.63, 3.8) is 0 Å². The average molecular weight is 313 g/mol. The number of hydrogen-bond acceptors (Lipinski definition) is 6. The molecule has 1 unspecified atom stereocenters. The number of rotatable bonds is 4. The van der Waals surface area contributed by atoms with Crippen LogP contribution in [-0.4, -0.2) is 44.5 Å². The van der Waals surface area contributed by atoms with E-state index < -0.39 is 29.9 Å². The summed E-state index contributed by atoms with van der Waals surface area (Å²) >= 11 is 1.02. The van der Waals surface area contributed by atoms with E-state index in [2.05, 4.69) is 5.32 Å². The summed E-state index contributed by atoms with van der Waals surface area (Å²) in [5.74, 6) is -0.474. The lowest BCUT2D eigenvalue weighted by atomic mass is 10.3. The van der Waals surface area contributed by atoms with Crippen LogP contribution in [0.1, 0.15) is 9.67 Å². The Morgan fingerprint density at radius 1 is 1.38 bits per heavy atom. The normalized spacial score (nSPS) is 12.6. The van der Waals surface area contributed by atoms with E-state index in [4.69, 9.17) is 5.11 Å². The van der Waals surface area contributed by atoms with E-state index >= 15 is 0 Å². The van der Waals surface area contributed by atoms with Gasteiger partial charge in [-0.15, -0.1) is 11.3 Å². The second kappa shape index (κ2) is 5.80. The fraction of sp³-hybridized carbons (Fsp3) is 0.417. The second-order valence-corrected chi connectivity index (χ2v) is 5.61. The van der Waals surface area contributed by atoms with Crippen LogP contribution in [0.25, 0.3) is 10.2 Å². The molecule has 0 fully saturated rings. The number of aromatic nitrogens is 2. The molecule has 0 bridgehead atoms. The number of amides is 1. The van der Waals surface area contributed by atoms with Gasteiger partial charge >= 0.3 is 5.69 Å². The molecule has 1 amide bonds. The summed E-state index contributed by atoms with van der Waals surface area (Å²) in [6, 6.07) is 1.42. The molecule has 0 aliphatic heterocycles. The number of aliphatic hydroxyl groups excluding tert-OH is 2. The highest BCUT2D eigenvalue weighted by atomic mass is 32.1. The quantitative estimate of drug-likeness (QED) is 0.628. The van der Waals surface area contributed by atoms with E-state index in [0.29, 0.717) is 4.83 Å². The molecular formula is C12H15N3O5S. The number of nitrogens with one attached hydrogen (secondary N) is 1. The Morgan fingerprint density at radius 3 is 2.67 bits per heavy atom. The number of aliphatic hydroxyl groups is 2. The van der Waals surface area contributed by atoms with Crippen LogP contribution in [0.5, 0.6) is 0 Å². The molecule has 0 aromatic carbocycles. The molecule has 2 aromatic heterocycles. The maximum Gasteiger partial charge on any atom is 0.331 e. The lowest BCUT2D eigenvalue weighted by molar-refractivity contribution is 0.0804. The van der Waals surface area contributed by atoms with E-state index in [1.807, 2.05) is 0 Å². The van der Waals surface area contributed by atoms with Gasteiger partial charge in [-0.25, -0.2) is 4.79 Å². The van der Waals surface area contributed by atoms with Crippen molar-refractivity contribution in [2.75, 3.05) is 13.2 Å². The van der Waals surface area contributed by atoms with E-state index in [1.54, 1.807) is 0 Å². The number of hydrogen-bond donors (Lipinski definition) is 3.